The molecule has 17 heavy (non-hydrogen) atoms. The molecule has 0 aliphatic carbocycles. The summed E-state index contributed by atoms with van der Waals surface area (Å²) in [5, 5.41) is 4.46. The van der Waals surface area contributed by atoms with Crippen molar-refractivity contribution >= 4 is 11.0 Å². The van der Waals surface area contributed by atoms with Gasteiger partial charge >= 0.3 is 0 Å². The second-order valence-electron chi connectivity index (χ2n) is 4.47. The quantitative estimate of drug-likeness (QED) is 0.849. The molecular weight excluding hydrogens is 210 g/mol. The van der Waals surface area contributed by atoms with Gasteiger partial charge < -0.3 is 9.73 Å². The molecule has 0 saturated carbocycles. The van der Waals surface area contributed by atoms with Crippen LogP contribution in [-0.4, -0.2) is 7.05 Å². The molecule has 0 fully saturated rings. The van der Waals surface area contributed by atoms with Crippen molar-refractivity contribution in [2.75, 3.05) is 7.05 Å². The molecule has 2 heteroatoms. The van der Waals surface area contributed by atoms with Crippen LogP contribution >= 0.6 is 0 Å². The molecule has 1 aromatic heterocycles. The number of hydrogen-bond acceptors (Lipinski definition) is 2. The Morgan fingerprint density at radius 1 is 1.24 bits per heavy atom. The maximum absolute atomic E-state index is 5.90. The minimum absolute atomic E-state index is 0.807. The summed E-state index contributed by atoms with van der Waals surface area (Å²) in [6.07, 6.45) is 3.36. The number of hydrogen-bond donors (Lipinski definition) is 1. The zero-order valence-electron chi connectivity index (χ0n) is 11.0. The zero-order chi connectivity index (χ0) is 12.3. The Kier molecular flexibility index (Phi) is 3.85. The first-order valence-electron chi connectivity index (χ1n) is 6.47. The summed E-state index contributed by atoms with van der Waals surface area (Å²) in [5.74, 6) is 1.08. The van der Waals surface area contributed by atoms with E-state index < -0.39 is 0 Å². The normalized spacial score (nSPS) is 11.2. The Hall–Kier alpha value is -1.28. The maximum atomic E-state index is 5.90. The highest BCUT2D eigenvalue weighted by molar-refractivity contribution is 5.83. The van der Waals surface area contributed by atoms with Crippen molar-refractivity contribution in [2.45, 2.75) is 39.7 Å². The molecule has 1 N–H and O–H groups in total. The fourth-order valence-electron chi connectivity index (χ4n) is 2.38. The van der Waals surface area contributed by atoms with Gasteiger partial charge in [-0.15, -0.1) is 0 Å². The van der Waals surface area contributed by atoms with E-state index >= 15 is 0 Å². The van der Waals surface area contributed by atoms with E-state index in [0.29, 0.717) is 0 Å². The van der Waals surface area contributed by atoms with Crippen molar-refractivity contribution < 1.29 is 4.42 Å². The topological polar surface area (TPSA) is 25.2 Å². The lowest BCUT2D eigenvalue weighted by Crippen LogP contribution is -2.05. The first-order valence-corrected chi connectivity index (χ1v) is 6.47. The largest absolute Gasteiger partial charge is 0.459 e. The van der Waals surface area contributed by atoms with Crippen LogP contribution in [0.15, 0.2) is 22.6 Å². The standard InChI is InChI=1S/C15H21NO/c1-4-6-11-7-8-14-13(9-11)12(5-2)15(17-14)10-16-3/h7-9,16H,4-6,10H2,1-3H3. The van der Waals surface area contributed by atoms with E-state index in [0.717, 1.165) is 30.7 Å². The molecule has 0 atom stereocenters. The number of aryl methyl sites for hydroxylation is 2. The van der Waals surface area contributed by atoms with Gasteiger partial charge in [-0.1, -0.05) is 26.3 Å². The number of benzene rings is 1. The minimum Gasteiger partial charge on any atom is -0.459 e. The molecule has 0 aliphatic rings. The Labute approximate surface area is 103 Å². The van der Waals surface area contributed by atoms with E-state index in [9.17, 15) is 0 Å². The Balaban J connectivity index is 2.50. The minimum atomic E-state index is 0.807. The zero-order valence-corrected chi connectivity index (χ0v) is 11.0. The maximum Gasteiger partial charge on any atom is 0.134 e. The Morgan fingerprint density at radius 2 is 2.06 bits per heavy atom. The van der Waals surface area contributed by atoms with Crippen LogP contribution in [0, 0.1) is 0 Å². The molecule has 0 aliphatic heterocycles. The highest BCUT2D eigenvalue weighted by atomic mass is 16.3. The second-order valence-corrected chi connectivity index (χ2v) is 4.47. The second kappa shape index (κ2) is 5.37. The highest BCUT2D eigenvalue weighted by Crippen LogP contribution is 2.27. The van der Waals surface area contributed by atoms with Crippen molar-refractivity contribution in [3.8, 4) is 0 Å². The van der Waals surface area contributed by atoms with Gasteiger partial charge in [-0.2, -0.15) is 0 Å². The average Bonchev–Trinajstić information content (AvgIpc) is 2.67. The summed E-state index contributed by atoms with van der Waals surface area (Å²) in [5.41, 5.74) is 3.78. The number of fused-ring (bicyclic) bond motifs is 1. The molecule has 92 valence electrons. The van der Waals surface area contributed by atoms with Crippen molar-refractivity contribution in [1.82, 2.24) is 5.32 Å². The number of rotatable bonds is 5. The van der Waals surface area contributed by atoms with E-state index in [-0.39, 0.29) is 0 Å². The molecule has 0 unspecified atom stereocenters. The summed E-state index contributed by atoms with van der Waals surface area (Å²) in [6.45, 7) is 5.21. The molecule has 2 aromatic rings. The summed E-state index contributed by atoms with van der Waals surface area (Å²) in [6, 6.07) is 6.58. The third-order valence-electron chi connectivity index (χ3n) is 3.17. The van der Waals surface area contributed by atoms with Crippen LogP contribution in [0.3, 0.4) is 0 Å². The highest BCUT2D eigenvalue weighted by Gasteiger charge is 2.12. The van der Waals surface area contributed by atoms with Gasteiger partial charge in [-0.25, -0.2) is 0 Å². The van der Waals surface area contributed by atoms with Gasteiger partial charge in [0.25, 0.3) is 0 Å². The van der Waals surface area contributed by atoms with Crippen molar-refractivity contribution in [3.05, 3.63) is 35.1 Å². The van der Waals surface area contributed by atoms with Crippen LogP contribution in [0.1, 0.15) is 37.2 Å². The van der Waals surface area contributed by atoms with Crippen LogP contribution in [0.5, 0.6) is 0 Å². The van der Waals surface area contributed by atoms with Crippen LogP contribution in [0.2, 0.25) is 0 Å². The predicted molar refractivity (Wildman–Crippen MR) is 72.4 cm³/mol. The smallest absolute Gasteiger partial charge is 0.134 e. The average molecular weight is 231 g/mol. The molecule has 2 nitrogen and oxygen atoms in total. The fraction of sp³-hybridized carbons (Fsp3) is 0.467. The van der Waals surface area contributed by atoms with Gasteiger partial charge in [0.15, 0.2) is 0 Å². The van der Waals surface area contributed by atoms with E-state index in [1.807, 2.05) is 7.05 Å². The lowest BCUT2D eigenvalue weighted by Gasteiger charge is -2.00. The van der Waals surface area contributed by atoms with Crippen LogP contribution in [-0.2, 0) is 19.4 Å². The van der Waals surface area contributed by atoms with Crippen LogP contribution < -0.4 is 5.32 Å². The molecule has 2 rings (SSSR count). The van der Waals surface area contributed by atoms with Crippen LogP contribution in [0.4, 0.5) is 0 Å². The molecule has 0 saturated heterocycles. The van der Waals surface area contributed by atoms with Crippen molar-refractivity contribution in [3.63, 3.8) is 0 Å². The van der Waals surface area contributed by atoms with Crippen molar-refractivity contribution in [2.24, 2.45) is 0 Å². The van der Waals surface area contributed by atoms with Gasteiger partial charge in [0.2, 0.25) is 0 Å². The lowest BCUT2D eigenvalue weighted by atomic mass is 10.0. The molecule has 0 radical (unpaired) electrons. The molecule has 0 bridgehead atoms. The van der Waals surface area contributed by atoms with Gasteiger partial charge in [-0.3, -0.25) is 0 Å². The Bertz CT molecular complexity index is 499. The van der Waals surface area contributed by atoms with E-state index in [1.165, 1.54) is 22.9 Å². The summed E-state index contributed by atoms with van der Waals surface area (Å²) in [4.78, 5) is 0. The third kappa shape index (κ3) is 2.37. The molecule has 1 aromatic carbocycles. The van der Waals surface area contributed by atoms with E-state index in [4.69, 9.17) is 4.42 Å². The summed E-state index contributed by atoms with van der Waals surface area (Å²) in [7, 11) is 1.95. The van der Waals surface area contributed by atoms with Gasteiger partial charge in [0.05, 0.1) is 6.54 Å². The fourth-order valence-corrected chi connectivity index (χ4v) is 2.38. The van der Waals surface area contributed by atoms with Gasteiger partial charge in [0, 0.05) is 10.9 Å². The van der Waals surface area contributed by atoms with Crippen LogP contribution in [0.25, 0.3) is 11.0 Å². The third-order valence-corrected chi connectivity index (χ3v) is 3.17. The van der Waals surface area contributed by atoms with E-state index in [2.05, 4.69) is 37.4 Å². The van der Waals surface area contributed by atoms with E-state index in [1.54, 1.807) is 0 Å². The van der Waals surface area contributed by atoms with Gasteiger partial charge in [-0.05, 0) is 37.6 Å². The number of nitrogens with one attached hydrogen (secondary N) is 1. The monoisotopic (exact) mass is 231 g/mol. The molecule has 1 heterocycles. The first kappa shape index (κ1) is 12.2. The lowest BCUT2D eigenvalue weighted by molar-refractivity contribution is 0.524. The van der Waals surface area contributed by atoms with Crippen molar-refractivity contribution in [1.29, 1.82) is 0 Å². The summed E-state index contributed by atoms with van der Waals surface area (Å²) >= 11 is 0. The molecule has 0 amide bonds. The summed E-state index contributed by atoms with van der Waals surface area (Å²) < 4.78 is 5.90. The number of furan rings is 1. The Morgan fingerprint density at radius 3 is 2.71 bits per heavy atom. The molecule has 0 spiro atoms. The first-order chi connectivity index (χ1) is 8.30. The SMILES string of the molecule is CCCc1ccc2oc(CNC)c(CC)c2c1. The predicted octanol–water partition coefficient (Wildman–Crippen LogP) is 3.67. The molecular formula is C15H21NO. The van der Waals surface area contributed by atoms with Gasteiger partial charge in [0.1, 0.15) is 11.3 Å².